The molecule has 0 atom stereocenters. The lowest BCUT2D eigenvalue weighted by molar-refractivity contribution is 0.273. The van der Waals surface area contributed by atoms with Crippen LogP contribution in [0.1, 0.15) is 31.1 Å². The van der Waals surface area contributed by atoms with Crippen molar-refractivity contribution in [2.24, 2.45) is 0 Å². The molecule has 5 heteroatoms. The van der Waals surface area contributed by atoms with Gasteiger partial charge in [0.05, 0.1) is 37.0 Å². The van der Waals surface area contributed by atoms with Gasteiger partial charge in [0, 0.05) is 12.1 Å². The van der Waals surface area contributed by atoms with Gasteiger partial charge in [0.2, 0.25) is 0 Å². The molecule has 1 aromatic heterocycles. The van der Waals surface area contributed by atoms with Crippen molar-refractivity contribution in [1.82, 2.24) is 9.55 Å². The molecule has 1 heterocycles. The molecule has 0 saturated heterocycles. The molecule has 0 fully saturated rings. The highest BCUT2D eigenvalue weighted by Crippen LogP contribution is 2.28. The lowest BCUT2D eigenvalue weighted by atomic mass is 10.2. The SMILES string of the molecule is COc1cc(C#N)ccc1OCc1cncn1C(C)C. The van der Waals surface area contributed by atoms with Crippen LogP contribution < -0.4 is 9.47 Å². The number of nitriles is 1. The van der Waals surface area contributed by atoms with Crippen LogP contribution in [0.3, 0.4) is 0 Å². The molecule has 0 unspecified atom stereocenters. The molecule has 0 N–H and O–H groups in total. The first-order valence-electron chi connectivity index (χ1n) is 6.37. The highest BCUT2D eigenvalue weighted by Gasteiger charge is 2.09. The smallest absolute Gasteiger partial charge is 0.162 e. The number of aromatic nitrogens is 2. The van der Waals surface area contributed by atoms with Crippen LogP contribution in [0.4, 0.5) is 0 Å². The molecule has 0 radical (unpaired) electrons. The van der Waals surface area contributed by atoms with Crippen molar-refractivity contribution in [1.29, 1.82) is 5.26 Å². The van der Waals surface area contributed by atoms with E-state index in [1.807, 2.05) is 0 Å². The summed E-state index contributed by atoms with van der Waals surface area (Å²) in [5, 5.41) is 8.87. The Kier molecular flexibility index (Phi) is 4.26. The molecule has 0 saturated carbocycles. The third kappa shape index (κ3) is 2.91. The average molecular weight is 271 g/mol. The van der Waals surface area contributed by atoms with Gasteiger partial charge < -0.3 is 14.0 Å². The van der Waals surface area contributed by atoms with E-state index in [0.717, 1.165) is 5.69 Å². The second-order valence-electron chi connectivity index (χ2n) is 4.65. The fourth-order valence-electron chi connectivity index (χ4n) is 1.92. The van der Waals surface area contributed by atoms with Crippen LogP contribution in [0.15, 0.2) is 30.7 Å². The summed E-state index contributed by atoms with van der Waals surface area (Å²) < 4.78 is 13.1. The van der Waals surface area contributed by atoms with E-state index < -0.39 is 0 Å². The Hall–Kier alpha value is -2.48. The second-order valence-corrected chi connectivity index (χ2v) is 4.65. The standard InChI is InChI=1S/C15H17N3O2/c1-11(2)18-10-17-8-13(18)9-20-14-5-4-12(7-16)6-15(14)19-3/h4-6,8,10-11H,9H2,1-3H3. The third-order valence-corrected chi connectivity index (χ3v) is 2.97. The highest BCUT2D eigenvalue weighted by atomic mass is 16.5. The van der Waals surface area contributed by atoms with Gasteiger partial charge in [0.1, 0.15) is 6.61 Å². The molecule has 0 spiro atoms. The van der Waals surface area contributed by atoms with Crippen molar-refractivity contribution in [3.63, 3.8) is 0 Å². The van der Waals surface area contributed by atoms with Gasteiger partial charge in [0.25, 0.3) is 0 Å². The minimum atomic E-state index is 0.332. The topological polar surface area (TPSA) is 60.1 Å². The van der Waals surface area contributed by atoms with Crippen molar-refractivity contribution in [3.8, 4) is 17.6 Å². The normalized spacial score (nSPS) is 10.3. The van der Waals surface area contributed by atoms with E-state index in [-0.39, 0.29) is 0 Å². The van der Waals surface area contributed by atoms with Gasteiger partial charge in [-0.25, -0.2) is 4.98 Å². The van der Waals surface area contributed by atoms with Crippen LogP contribution in [0, 0.1) is 11.3 Å². The number of ether oxygens (including phenoxy) is 2. The number of benzene rings is 1. The van der Waals surface area contributed by atoms with Crippen LogP contribution in [0.5, 0.6) is 11.5 Å². The zero-order valence-corrected chi connectivity index (χ0v) is 11.8. The van der Waals surface area contributed by atoms with E-state index in [0.29, 0.717) is 29.7 Å². The predicted molar refractivity (Wildman–Crippen MR) is 74.7 cm³/mol. The number of hydrogen-bond donors (Lipinski definition) is 0. The first-order valence-corrected chi connectivity index (χ1v) is 6.37. The summed E-state index contributed by atoms with van der Waals surface area (Å²) >= 11 is 0. The highest BCUT2D eigenvalue weighted by molar-refractivity contribution is 5.46. The van der Waals surface area contributed by atoms with Crippen molar-refractivity contribution in [2.75, 3.05) is 7.11 Å². The van der Waals surface area contributed by atoms with Gasteiger partial charge in [-0.2, -0.15) is 5.26 Å². The fourth-order valence-corrected chi connectivity index (χ4v) is 1.92. The molecule has 5 nitrogen and oxygen atoms in total. The number of nitrogens with zero attached hydrogens (tertiary/aromatic N) is 3. The maximum absolute atomic E-state index is 8.87. The molecule has 104 valence electrons. The Bertz CT molecular complexity index is 626. The van der Waals surface area contributed by atoms with Crippen LogP contribution in [0.2, 0.25) is 0 Å². The summed E-state index contributed by atoms with van der Waals surface area (Å²) in [6, 6.07) is 7.52. The quantitative estimate of drug-likeness (QED) is 0.839. The van der Waals surface area contributed by atoms with E-state index in [9.17, 15) is 0 Å². The number of hydrogen-bond acceptors (Lipinski definition) is 4. The first kappa shape index (κ1) is 13.9. The summed E-state index contributed by atoms with van der Waals surface area (Å²) in [7, 11) is 1.56. The van der Waals surface area contributed by atoms with Crippen molar-refractivity contribution < 1.29 is 9.47 Å². The van der Waals surface area contributed by atoms with Crippen LogP contribution in [0.25, 0.3) is 0 Å². The van der Waals surface area contributed by atoms with Gasteiger partial charge in [-0.05, 0) is 26.0 Å². The Morgan fingerprint density at radius 3 is 2.80 bits per heavy atom. The number of imidazole rings is 1. The maximum Gasteiger partial charge on any atom is 0.162 e. The number of rotatable bonds is 5. The molecule has 0 bridgehead atoms. The van der Waals surface area contributed by atoms with E-state index in [2.05, 4.69) is 29.5 Å². The van der Waals surface area contributed by atoms with Crippen molar-refractivity contribution in [3.05, 3.63) is 42.0 Å². The van der Waals surface area contributed by atoms with E-state index in [1.54, 1.807) is 37.8 Å². The van der Waals surface area contributed by atoms with Crippen LogP contribution in [-0.2, 0) is 6.61 Å². The Morgan fingerprint density at radius 1 is 1.35 bits per heavy atom. The third-order valence-electron chi connectivity index (χ3n) is 2.97. The molecule has 1 aromatic carbocycles. The fraction of sp³-hybridized carbons (Fsp3) is 0.333. The minimum Gasteiger partial charge on any atom is -0.493 e. The van der Waals surface area contributed by atoms with E-state index >= 15 is 0 Å². The average Bonchev–Trinajstić information content (AvgIpc) is 2.93. The van der Waals surface area contributed by atoms with Gasteiger partial charge in [-0.1, -0.05) is 0 Å². The summed E-state index contributed by atoms with van der Waals surface area (Å²) in [6.07, 6.45) is 3.58. The summed E-state index contributed by atoms with van der Waals surface area (Å²) in [5.41, 5.74) is 1.54. The largest absolute Gasteiger partial charge is 0.493 e. The zero-order chi connectivity index (χ0) is 14.5. The first-order chi connectivity index (χ1) is 9.65. The predicted octanol–water partition coefficient (Wildman–Crippen LogP) is 2.92. The summed E-state index contributed by atoms with van der Waals surface area (Å²) in [5.74, 6) is 1.17. The van der Waals surface area contributed by atoms with Crippen LogP contribution in [-0.4, -0.2) is 16.7 Å². The van der Waals surface area contributed by atoms with Gasteiger partial charge in [-0.15, -0.1) is 0 Å². The zero-order valence-electron chi connectivity index (χ0n) is 11.8. The van der Waals surface area contributed by atoms with Crippen molar-refractivity contribution >= 4 is 0 Å². The Labute approximate surface area is 118 Å². The second kappa shape index (κ2) is 6.11. The molecule has 2 aromatic rings. The summed E-state index contributed by atoms with van der Waals surface area (Å²) in [6.45, 7) is 4.58. The number of methoxy groups -OCH3 is 1. The molecule has 0 amide bonds. The van der Waals surface area contributed by atoms with E-state index in [1.165, 1.54) is 0 Å². The molecule has 20 heavy (non-hydrogen) atoms. The van der Waals surface area contributed by atoms with Crippen molar-refractivity contribution in [2.45, 2.75) is 26.5 Å². The Morgan fingerprint density at radius 2 is 2.15 bits per heavy atom. The van der Waals surface area contributed by atoms with Gasteiger partial charge in [-0.3, -0.25) is 0 Å². The molecule has 2 rings (SSSR count). The lowest BCUT2D eigenvalue weighted by Crippen LogP contribution is -2.07. The lowest BCUT2D eigenvalue weighted by Gasteiger charge is -2.14. The van der Waals surface area contributed by atoms with E-state index in [4.69, 9.17) is 14.7 Å². The summed E-state index contributed by atoms with van der Waals surface area (Å²) in [4.78, 5) is 4.13. The molecule has 0 aliphatic carbocycles. The molecule has 0 aliphatic heterocycles. The molecular formula is C15H17N3O2. The van der Waals surface area contributed by atoms with Crippen LogP contribution >= 0.6 is 0 Å². The Balaban J connectivity index is 2.15. The van der Waals surface area contributed by atoms with Gasteiger partial charge in [0.15, 0.2) is 11.5 Å². The minimum absolute atomic E-state index is 0.332. The molecule has 0 aliphatic rings. The monoisotopic (exact) mass is 271 g/mol. The molecular weight excluding hydrogens is 254 g/mol. The maximum atomic E-state index is 8.87. The van der Waals surface area contributed by atoms with Gasteiger partial charge >= 0.3 is 0 Å².